The summed E-state index contributed by atoms with van der Waals surface area (Å²) >= 11 is 1.49. The summed E-state index contributed by atoms with van der Waals surface area (Å²) in [7, 11) is 0. The molecular formula is C12H19N3OS. The van der Waals surface area contributed by atoms with Gasteiger partial charge >= 0.3 is 0 Å². The van der Waals surface area contributed by atoms with Gasteiger partial charge in [-0.05, 0) is 19.6 Å². The van der Waals surface area contributed by atoms with Gasteiger partial charge in [0, 0.05) is 25.6 Å². The van der Waals surface area contributed by atoms with E-state index >= 15 is 0 Å². The molecule has 0 radical (unpaired) electrons. The lowest BCUT2D eigenvalue weighted by Crippen LogP contribution is -2.40. The SMILES string of the molecule is CCC(C)N1CCc2nc(SC)[nH]c(=O)c2C1. The number of aromatic nitrogens is 2. The lowest BCUT2D eigenvalue weighted by molar-refractivity contribution is 0.183. The first-order chi connectivity index (χ1) is 8.15. The molecule has 0 aliphatic carbocycles. The summed E-state index contributed by atoms with van der Waals surface area (Å²) in [5.74, 6) is 0. The maximum absolute atomic E-state index is 12.0. The van der Waals surface area contributed by atoms with Crippen molar-refractivity contribution in [3.8, 4) is 0 Å². The lowest BCUT2D eigenvalue weighted by Gasteiger charge is -2.32. The predicted octanol–water partition coefficient (Wildman–Crippen LogP) is 1.65. The molecule has 0 saturated carbocycles. The third-order valence-corrected chi connectivity index (χ3v) is 4.06. The molecule has 0 saturated heterocycles. The Morgan fingerprint density at radius 1 is 1.59 bits per heavy atom. The summed E-state index contributed by atoms with van der Waals surface area (Å²) in [6, 6.07) is 0.530. The zero-order valence-corrected chi connectivity index (χ0v) is 11.4. The van der Waals surface area contributed by atoms with Crippen LogP contribution in [0.5, 0.6) is 0 Å². The molecule has 4 nitrogen and oxygen atoms in total. The van der Waals surface area contributed by atoms with Gasteiger partial charge in [0.1, 0.15) is 0 Å². The molecule has 2 heterocycles. The normalized spacial score (nSPS) is 17.8. The quantitative estimate of drug-likeness (QED) is 0.657. The van der Waals surface area contributed by atoms with Crippen LogP contribution in [0.1, 0.15) is 31.5 Å². The van der Waals surface area contributed by atoms with Gasteiger partial charge in [-0.2, -0.15) is 0 Å². The first-order valence-corrected chi connectivity index (χ1v) is 7.28. The summed E-state index contributed by atoms with van der Waals surface area (Å²) in [5, 5.41) is 0.728. The highest BCUT2D eigenvalue weighted by molar-refractivity contribution is 7.98. The van der Waals surface area contributed by atoms with Gasteiger partial charge in [0.2, 0.25) is 0 Å². The molecule has 0 spiro atoms. The van der Waals surface area contributed by atoms with Crippen molar-refractivity contribution in [2.45, 2.75) is 44.4 Å². The van der Waals surface area contributed by atoms with E-state index in [9.17, 15) is 4.79 Å². The largest absolute Gasteiger partial charge is 0.301 e. The van der Waals surface area contributed by atoms with Crippen LogP contribution >= 0.6 is 11.8 Å². The van der Waals surface area contributed by atoms with Crippen molar-refractivity contribution in [1.29, 1.82) is 0 Å². The van der Waals surface area contributed by atoms with Crippen molar-refractivity contribution in [2.24, 2.45) is 0 Å². The van der Waals surface area contributed by atoms with Crippen molar-refractivity contribution in [3.05, 3.63) is 21.6 Å². The Kier molecular flexibility index (Phi) is 3.89. The molecule has 1 aliphatic heterocycles. The van der Waals surface area contributed by atoms with E-state index in [0.717, 1.165) is 42.3 Å². The Hall–Kier alpha value is -0.810. The first-order valence-electron chi connectivity index (χ1n) is 6.05. The summed E-state index contributed by atoms with van der Waals surface area (Å²) in [6.45, 7) is 6.13. The van der Waals surface area contributed by atoms with E-state index in [4.69, 9.17) is 0 Å². The minimum atomic E-state index is 0.0346. The van der Waals surface area contributed by atoms with Crippen LogP contribution in [0.4, 0.5) is 0 Å². The van der Waals surface area contributed by atoms with Crippen molar-refractivity contribution in [1.82, 2.24) is 14.9 Å². The molecule has 1 N–H and O–H groups in total. The standard InChI is InChI=1S/C12H19N3OS/c1-4-8(2)15-6-5-10-9(7-15)11(16)14-12(13-10)17-3/h8H,4-7H2,1-3H3,(H,13,14,16). The average Bonchev–Trinajstić information content (AvgIpc) is 2.37. The van der Waals surface area contributed by atoms with Crippen molar-refractivity contribution in [3.63, 3.8) is 0 Å². The van der Waals surface area contributed by atoms with E-state index in [1.807, 2.05) is 6.26 Å². The fourth-order valence-corrected chi connectivity index (χ4v) is 2.55. The van der Waals surface area contributed by atoms with E-state index in [0.29, 0.717) is 6.04 Å². The zero-order valence-electron chi connectivity index (χ0n) is 10.6. The number of aromatic amines is 1. The molecule has 94 valence electrons. The highest BCUT2D eigenvalue weighted by Crippen LogP contribution is 2.18. The molecule has 0 fully saturated rings. The summed E-state index contributed by atoms with van der Waals surface area (Å²) < 4.78 is 0. The minimum absolute atomic E-state index is 0.0346. The maximum Gasteiger partial charge on any atom is 0.256 e. The molecule has 0 bridgehead atoms. The van der Waals surface area contributed by atoms with Gasteiger partial charge in [0.25, 0.3) is 5.56 Å². The molecule has 2 rings (SSSR count). The zero-order chi connectivity index (χ0) is 12.4. The van der Waals surface area contributed by atoms with Gasteiger partial charge in [-0.3, -0.25) is 9.69 Å². The number of rotatable bonds is 3. The molecule has 1 aromatic rings. The van der Waals surface area contributed by atoms with Crippen molar-refractivity contribution in [2.75, 3.05) is 12.8 Å². The Labute approximate surface area is 106 Å². The van der Waals surface area contributed by atoms with Crippen LogP contribution in [0.3, 0.4) is 0 Å². The van der Waals surface area contributed by atoms with Gasteiger partial charge in [0.05, 0.1) is 11.3 Å². The number of thioether (sulfide) groups is 1. The predicted molar refractivity (Wildman–Crippen MR) is 70.5 cm³/mol. The summed E-state index contributed by atoms with van der Waals surface area (Å²) in [5.41, 5.74) is 1.87. The monoisotopic (exact) mass is 253 g/mol. The molecule has 17 heavy (non-hydrogen) atoms. The molecule has 1 atom stereocenters. The number of H-pyrrole nitrogens is 1. The van der Waals surface area contributed by atoms with Crippen molar-refractivity contribution < 1.29 is 0 Å². The van der Waals surface area contributed by atoms with Crippen LogP contribution in [-0.2, 0) is 13.0 Å². The van der Waals surface area contributed by atoms with E-state index in [-0.39, 0.29) is 5.56 Å². The topological polar surface area (TPSA) is 49.0 Å². The highest BCUT2D eigenvalue weighted by atomic mass is 32.2. The third-order valence-electron chi connectivity index (χ3n) is 3.48. The van der Waals surface area contributed by atoms with E-state index in [2.05, 4.69) is 28.7 Å². The Balaban J connectivity index is 2.29. The lowest BCUT2D eigenvalue weighted by atomic mass is 10.0. The molecule has 0 amide bonds. The fraction of sp³-hybridized carbons (Fsp3) is 0.667. The molecule has 5 heteroatoms. The van der Waals surface area contributed by atoms with Gasteiger partial charge < -0.3 is 4.98 Å². The minimum Gasteiger partial charge on any atom is -0.301 e. The van der Waals surface area contributed by atoms with Gasteiger partial charge in [-0.15, -0.1) is 0 Å². The average molecular weight is 253 g/mol. The number of nitrogens with one attached hydrogen (secondary N) is 1. The third kappa shape index (κ3) is 2.55. The van der Waals surface area contributed by atoms with Gasteiger partial charge in [-0.1, -0.05) is 18.7 Å². The summed E-state index contributed by atoms with van der Waals surface area (Å²) in [6.07, 6.45) is 3.93. The van der Waals surface area contributed by atoms with E-state index < -0.39 is 0 Å². The number of hydrogen-bond donors (Lipinski definition) is 1. The van der Waals surface area contributed by atoms with Crippen molar-refractivity contribution >= 4 is 11.8 Å². The second kappa shape index (κ2) is 5.23. The van der Waals surface area contributed by atoms with Crippen LogP contribution in [-0.4, -0.2) is 33.7 Å². The van der Waals surface area contributed by atoms with Crippen LogP contribution < -0.4 is 5.56 Å². The Morgan fingerprint density at radius 3 is 3.00 bits per heavy atom. The van der Waals surface area contributed by atoms with E-state index in [1.165, 1.54) is 11.8 Å². The summed E-state index contributed by atoms with van der Waals surface area (Å²) in [4.78, 5) is 21.6. The van der Waals surface area contributed by atoms with Gasteiger partial charge in [-0.25, -0.2) is 4.98 Å². The Bertz CT molecular complexity index is 458. The fourth-order valence-electron chi connectivity index (χ4n) is 2.15. The van der Waals surface area contributed by atoms with Crippen LogP contribution in [0.15, 0.2) is 9.95 Å². The maximum atomic E-state index is 12.0. The van der Waals surface area contributed by atoms with Crippen LogP contribution in [0.25, 0.3) is 0 Å². The molecule has 1 aliphatic rings. The Morgan fingerprint density at radius 2 is 2.35 bits per heavy atom. The highest BCUT2D eigenvalue weighted by Gasteiger charge is 2.23. The number of nitrogens with zero attached hydrogens (tertiary/aromatic N) is 2. The number of hydrogen-bond acceptors (Lipinski definition) is 4. The smallest absolute Gasteiger partial charge is 0.256 e. The second-order valence-electron chi connectivity index (χ2n) is 4.48. The first kappa shape index (κ1) is 12.6. The molecular weight excluding hydrogens is 234 g/mol. The van der Waals surface area contributed by atoms with Gasteiger partial charge in [0.15, 0.2) is 5.16 Å². The van der Waals surface area contributed by atoms with Crippen LogP contribution in [0, 0.1) is 0 Å². The molecule has 0 aromatic carbocycles. The number of fused-ring (bicyclic) bond motifs is 1. The molecule has 1 unspecified atom stereocenters. The second-order valence-corrected chi connectivity index (χ2v) is 5.27. The van der Waals surface area contributed by atoms with E-state index in [1.54, 1.807) is 0 Å². The molecule has 1 aromatic heterocycles. The van der Waals surface area contributed by atoms with Crippen LogP contribution in [0.2, 0.25) is 0 Å².